The van der Waals surface area contributed by atoms with Gasteiger partial charge in [0.2, 0.25) is 0 Å². The molecule has 1 N–H and O–H groups in total. The van der Waals surface area contributed by atoms with Crippen molar-refractivity contribution in [3.8, 4) is 5.75 Å². The smallest absolute Gasteiger partial charge is 0.317 e. The summed E-state index contributed by atoms with van der Waals surface area (Å²) in [4.78, 5) is 20.1. The maximum atomic E-state index is 12.6. The summed E-state index contributed by atoms with van der Waals surface area (Å²) < 4.78 is 6.12. The van der Waals surface area contributed by atoms with Gasteiger partial charge >= 0.3 is 6.03 Å². The number of aromatic nitrogens is 1. The number of hydrogen-bond donors (Lipinski definition) is 1. The molecule has 0 bridgehead atoms. The number of benzene rings is 1. The van der Waals surface area contributed by atoms with E-state index in [-0.39, 0.29) is 18.2 Å². The Morgan fingerprint density at radius 3 is 2.52 bits per heavy atom. The van der Waals surface area contributed by atoms with Gasteiger partial charge in [0, 0.05) is 30.8 Å². The number of nitrogens with one attached hydrogen (secondary N) is 1. The summed E-state index contributed by atoms with van der Waals surface area (Å²) in [5.74, 6) is 0.922. The molecule has 1 saturated heterocycles. The fourth-order valence-electron chi connectivity index (χ4n) is 3.45. The van der Waals surface area contributed by atoms with Gasteiger partial charge in [-0.3, -0.25) is 0 Å². The summed E-state index contributed by atoms with van der Waals surface area (Å²) in [7, 11) is 0. The molecule has 2 amide bonds. The van der Waals surface area contributed by atoms with Gasteiger partial charge in [0.05, 0.1) is 16.7 Å². The van der Waals surface area contributed by atoms with Crippen LogP contribution < -0.4 is 10.1 Å². The lowest BCUT2D eigenvalue weighted by Crippen LogP contribution is -2.47. The Bertz CT molecular complexity index is 810. The highest BCUT2D eigenvalue weighted by atomic mass is 32.1. The van der Waals surface area contributed by atoms with Gasteiger partial charge in [-0.05, 0) is 57.9 Å². The predicted octanol–water partition coefficient (Wildman–Crippen LogP) is 4.69. The van der Waals surface area contributed by atoms with Gasteiger partial charge < -0.3 is 15.0 Å². The van der Waals surface area contributed by atoms with Gasteiger partial charge in [-0.1, -0.05) is 6.07 Å². The molecule has 0 radical (unpaired) electrons. The van der Waals surface area contributed by atoms with Crippen LogP contribution in [0, 0.1) is 27.7 Å². The van der Waals surface area contributed by atoms with E-state index in [1.54, 1.807) is 11.3 Å². The van der Waals surface area contributed by atoms with Crippen molar-refractivity contribution in [2.75, 3.05) is 13.1 Å². The first kappa shape index (κ1) is 19.7. The van der Waals surface area contributed by atoms with Gasteiger partial charge in [-0.15, -0.1) is 11.3 Å². The minimum absolute atomic E-state index is 0.00224. The molecule has 146 valence electrons. The Morgan fingerprint density at radius 1 is 1.22 bits per heavy atom. The Hall–Kier alpha value is -2.08. The number of rotatable bonds is 4. The molecule has 5 nitrogen and oxygen atoms in total. The third kappa shape index (κ3) is 4.80. The molecule has 1 fully saturated rings. The number of likely N-dealkylation sites (tertiary alicyclic amines) is 1. The molecule has 6 heteroatoms. The second-order valence-electron chi connectivity index (χ2n) is 7.40. The molecular formula is C21H29N3O2S. The van der Waals surface area contributed by atoms with Crippen molar-refractivity contribution in [1.82, 2.24) is 15.2 Å². The zero-order chi connectivity index (χ0) is 19.6. The number of amides is 2. The lowest BCUT2D eigenvalue weighted by Gasteiger charge is -2.33. The van der Waals surface area contributed by atoms with E-state index < -0.39 is 0 Å². The normalized spacial score (nSPS) is 16.3. The van der Waals surface area contributed by atoms with E-state index in [0.29, 0.717) is 0 Å². The van der Waals surface area contributed by atoms with Crippen LogP contribution in [0.25, 0.3) is 0 Å². The topological polar surface area (TPSA) is 54.5 Å². The fourth-order valence-corrected chi connectivity index (χ4v) is 4.38. The molecule has 0 saturated carbocycles. The quantitative estimate of drug-likeness (QED) is 0.828. The average molecular weight is 388 g/mol. The minimum atomic E-state index is -0.0202. The molecule has 1 atom stereocenters. The summed E-state index contributed by atoms with van der Waals surface area (Å²) in [6.07, 6.45) is 1.88. The van der Waals surface area contributed by atoms with Crippen molar-refractivity contribution in [3.05, 3.63) is 44.9 Å². The van der Waals surface area contributed by atoms with E-state index in [9.17, 15) is 4.79 Å². The molecule has 0 aliphatic carbocycles. The zero-order valence-electron chi connectivity index (χ0n) is 16.8. The number of ether oxygens (including phenoxy) is 1. The van der Waals surface area contributed by atoms with Crippen molar-refractivity contribution in [3.63, 3.8) is 0 Å². The number of aryl methyl sites for hydroxylation is 4. The van der Waals surface area contributed by atoms with E-state index >= 15 is 0 Å². The zero-order valence-corrected chi connectivity index (χ0v) is 17.7. The van der Waals surface area contributed by atoms with Gasteiger partial charge in [0.1, 0.15) is 11.9 Å². The molecule has 1 aliphatic heterocycles. The first-order valence-electron chi connectivity index (χ1n) is 9.56. The van der Waals surface area contributed by atoms with Crippen molar-refractivity contribution in [1.29, 1.82) is 0 Å². The number of hydrogen-bond acceptors (Lipinski definition) is 4. The maximum Gasteiger partial charge on any atom is 0.317 e. The van der Waals surface area contributed by atoms with Gasteiger partial charge in [-0.2, -0.15) is 0 Å². The number of carbonyl (C=O) groups excluding carboxylic acids is 1. The third-order valence-electron chi connectivity index (χ3n) is 5.18. The standard InChI is InChI=1S/C21H29N3O2S/c1-13-6-7-19(12-14(13)2)26-18-8-10-24(11-9-18)21(25)23-16(4)20-15(3)22-17(5)27-20/h6-7,12,16,18H,8-11H2,1-5H3,(H,23,25)/t16-/m0/s1. The summed E-state index contributed by atoms with van der Waals surface area (Å²) in [6, 6.07) is 6.20. The Kier molecular flexibility index (Phi) is 6.05. The Labute approximate surface area is 165 Å². The second kappa shape index (κ2) is 8.30. The average Bonchev–Trinajstić information content (AvgIpc) is 2.97. The number of nitrogens with zero attached hydrogens (tertiary/aromatic N) is 2. The molecule has 2 heterocycles. The minimum Gasteiger partial charge on any atom is -0.490 e. The second-order valence-corrected chi connectivity index (χ2v) is 8.64. The number of urea groups is 1. The lowest BCUT2D eigenvalue weighted by atomic mass is 10.1. The van der Waals surface area contributed by atoms with Crippen LogP contribution in [0.15, 0.2) is 18.2 Å². The Morgan fingerprint density at radius 2 is 1.93 bits per heavy atom. The molecule has 1 aromatic heterocycles. The first-order chi connectivity index (χ1) is 12.8. The van der Waals surface area contributed by atoms with E-state index in [1.165, 1.54) is 11.1 Å². The van der Waals surface area contributed by atoms with Crippen LogP contribution in [-0.2, 0) is 0 Å². The van der Waals surface area contributed by atoms with Crippen molar-refractivity contribution >= 4 is 17.4 Å². The van der Waals surface area contributed by atoms with Crippen LogP contribution in [0.3, 0.4) is 0 Å². The molecule has 0 spiro atoms. The van der Waals surface area contributed by atoms with Crippen LogP contribution in [0.2, 0.25) is 0 Å². The molecule has 0 unspecified atom stereocenters. The Balaban J connectivity index is 1.50. The van der Waals surface area contributed by atoms with Crippen LogP contribution in [-0.4, -0.2) is 35.1 Å². The summed E-state index contributed by atoms with van der Waals surface area (Å²) in [6.45, 7) is 11.7. The summed E-state index contributed by atoms with van der Waals surface area (Å²) in [5.41, 5.74) is 3.52. The third-order valence-corrected chi connectivity index (χ3v) is 6.44. The molecule has 2 aromatic rings. The van der Waals surface area contributed by atoms with Crippen molar-refractivity contribution in [2.24, 2.45) is 0 Å². The molecule has 27 heavy (non-hydrogen) atoms. The van der Waals surface area contributed by atoms with E-state index in [2.05, 4.69) is 36.3 Å². The van der Waals surface area contributed by atoms with E-state index in [0.717, 1.165) is 47.3 Å². The summed E-state index contributed by atoms with van der Waals surface area (Å²) >= 11 is 1.65. The van der Waals surface area contributed by atoms with Gasteiger partial charge in [0.15, 0.2) is 0 Å². The number of carbonyl (C=O) groups is 1. The van der Waals surface area contributed by atoms with E-state index in [4.69, 9.17) is 4.74 Å². The molecular weight excluding hydrogens is 358 g/mol. The van der Waals surface area contributed by atoms with Gasteiger partial charge in [0.25, 0.3) is 0 Å². The SMILES string of the molecule is Cc1nc(C)c([C@H](C)NC(=O)N2CCC(Oc3ccc(C)c(C)c3)CC2)s1. The predicted molar refractivity (Wildman–Crippen MR) is 110 cm³/mol. The highest BCUT2D eigenvalue weighted by molar-refractivity contribution is 7.11. The maximum absolute atomic E-state index is 12.6. The van der Waals surface area contributed by atoms with Crippen molar-refractivity contribution < 1.29 is 9.53 Å². The van der Waals surface area contributed by atoms with Crippen molar-refractivity contribution in [2.45, 2.75) is 59.6 Å². The monoisotopic (exact) mass is 387 g/mol. The van der Waals surface area contributed by atoms with Crippen LogP contribution in [0.5, 0.6) is 5.75 Å². The molecule has 3 rings (SSSR count). The number of piperidine rings is 1. The van der Waals surface area contributed by atoms with Crippen LogP contribution in [0.4, 0.5) is 4.79 Å². The largest absolute Gasteiger partial charge is 0.490 e. The fraction of sp³-hybridized carbons (Fsp3) is 0.524. The van der Waals surface area contributed by atoms with E-state index in [1.807, 2.05) is 31.7 Å². The van der Waals surface area contributed by atoms with Crippen LogP contribution in [0.1, 0.15) is 52.5 Å². The van der Waals surface area contributed by atoms with Crippen LogP contribution >= 0.6 is 11.3 Å². The first-order valence-corrected chi connectivity index (χ1v) is 10.4. The molecule has 1 aromatic carbocycles. The highest BCUT2D eigenvalue weighted by Crippen LogP contribution is 2.25. The summed E-state index contributed by atoms with van der Waals surface area (Å²) in [5, 5.41) is 4.15. The number of thiazole rings is 1. The molecule has 1 aliphatic rings. The van der Waals surface area contributed by atoms with Gasteiger partial charge in [-0.25, -0.2) is 9.78 Å². The highest BCUT2D eigenvalue weighted by Gasteiger charge is 2.25. The lowest BCUT2D eigenvalue weighted by molar-refractivity contribution is 0.110.